The second-order valence-electron chi connectivity index (χ2n) is 4.90. The zero-order chi connectivity index (χ0) is 13.1. The van der Waals surface area contributed by atoms with E-state index < -0.39 is 0 Å². The molecule has 18 heavy (non-hydrogen) atoms. The molecule has 0 amide bonds. The molecule has 0 spiro atoms. The first-order valence-corrected chi connectivity index (χ1v) is 6.28. The molecule has 0 unspecified atom stereocenters. The Bertz CT molecular complexity index is 486. The lowest BCUT2D eigenvalue weighted by atomic mass is 10.3. The largest absolute Gasteiger partial charge is 0.339 e. The number of aromatic nitrogens is 1. The second kappa shape index (κ2) is 5.23. The van der Waals surface area contributed by atoms with Gasteiger partial charge in [-0.1, -0.05) is 0 Å². The van der Waals surface area contributed by atoms with Crippen LogP contribution < -0.4 is 4.90 Å². The number of likely N-dealkylation sites (N-methyl/N-ethyl adjacent to an activating group) is 1. The molecule has 0 bridgehead atoms. The van der Waals surface area contributed by atoms with Crippen molar-refractivity contribution in [3.05, 3.63) is 23.0 Å². The van der Waals surface area contributed by atoms with Gasteiger partial charge in [0.2, 0.25) is 0 Å². The average Bonchev–Trinajstić information content (AvgIpc) is 2.65. The van der Waals surface area contributed by atoms with Gasteiger partial charge in [-0.15, -0.1) is 0 Å². The van der Waals surface area contributed by atoms with Crippen molar-refractivity contribution in [2.75, 3.05) is 33.2 Å². The number of quaternary nitrogens is 1. The number of nitrogens with one attached hydrogen (secondary N) is 1. The zero-order valence-electron chi connectivity index (χ0n) is 11.3. The van der Waals surface area contributed by atoms with Crippen LogP contribution in [0.5, 0.6) is 0 Å². The highest BCUT2D eigenvalue weighted by Crippen LogP contribution is 2.11. The third-order valence-corrected chi connectivity index (χ3v) is 3.64. The minimum atomic E-state index is 0.678. The maximum Gasteiger partial charge on any atom is 0.120 e. The van der Waals surface area contributed by atoms with E-state index in [-0.39, 0.29) is 0 Å². The third-order valence-electron chi connectivity index (χ3n) is 3.64. The summed E-state index contributed by atoms with van der Waals surface area (Å²) in [6.45, 7) is 6.28. The number of hydrogen-bond acceptors (Lipinski definition) is 3. The van der Waals surface area contributed by atoms with Gasteiger partial charge in [0.25, 0.3) is 0 Å². The Morgan fingerprint density at radius 3 is 2.67 bits per heavy atom. The van der Waals surface area contributed by atoms with Crippen LogP contribution in [0.25, 0.3) is 0 Å². The summed E-state index contributed by atoms with van der Waals surface area (Å²) in [7, 11) is 4.12. The molecule has 1 aromatic heterocycles. The molecular formula is C13H20N5+. The molecule has 2 heterocycles. The summed E-state index contributed by atoms with van der Waals surface area (Å²) in [5.74, 6) is 0. The van der Waals surface area contributed by atoms with E-state index in [4.69, 9.17) is 5.26 Å². The molecule has 0 atom stereocenters. The first-order chi connectivity index (χ1) is 8.61. The van der Waals surface area contributed by atoms with Crippen LogP contribution in [-0.4, -0.2) is 49.0 Å². The maximum absolute atomic E-state index is 8.97. The van der Waals surface area contributed by atoms with Crippen LogP contribution in [0.4, 0.5) is 0 Å². The van der Waals surface area contributed by atoms with Gasteiger partial charge in [0, 0.05) is 18.3 Å². The van der Waals surface area contributed by atoms with Crippen molar-refractivity contribution in [2.45, 2.75) is 6.92 Å². The van der Waals surface area contributed by atoms with Gasteiger partial charge in [-0.05, 0) is 13.0 Å². The van der Waals surface area contributed by atoms with Gasteiger partial charge >= 0.3 is 0 Å². The molecule has 96 valence electrons. The topological polar surface area (TPSA) is 48.8 Å². The Morgan fingerprint density at radius 1 is 1.44 bits per heavy atom. The summed E-state index contributed by atoms with van der Waals surface area (Å²) in [6, 6.07) is 4.07. The molecule has 0 radical (unpaired) electrons. The Kier molecular flexibility index (Phi) is 3.68. The first-order valence-electron chi connectivity index (χ1n) is 6.28. The van der Waals surface area contributed by atoms with Gasteiger partial charge < -0.3 is 9.47 Å². The van der Waals surface area contributed by atoms with Gasteiger partial charge in [-0.3, -0.25) is 5.01 Å². The van der Waals surface area contributed by atoms with E-state index in [1.165, 1.54) is 0 Å². The van der Waals surface area contributed by atoms with E-state index >= 15 is 0 Å². The van der Waals surface area contributed by atoms with Crippen molar-refractivity contribution in [3.8, 4) is 6.07 Å². The highest BCUT2D eigenvalue weighted by atomic mass is 15.5. The van der Waals surface area contributed by atoms with Crippen LogP contribution in [0.2, 0.25) is 0 Å². The minimum absolute atomic E-state index is 0.678. The summed E-state index contributed by atoms with van der Waals surface area (Å²) in [6.07, 6.45) is 1.87. The van der Waals surface area contributed by atoms with Crippen LogP contribution in [0, 0.1) is 18.3 Å². The number of piperazine rings is 1. The Morgan fingerprint density at radius 2 is 2.11 bits per heavy atom. The maximum atomic E-state index is 8.97. The van der Waals surface area contributed by atoms with E-state index in [1.807, 2.05) is 30.8 Å². The van der Waals surface area contributed by atoms with E-state index in [9.17, 15) is 0 Å². The summed E-state index contributed by atoms with van der Waals surface area (Å²) in [5.41, 5.74) is 2.78. The van der Waals surface area contributed by atoms with E-state index in [0.29, 0.717) is 5.69 Å². The molecule has 0 aromatic carbocycles. The fraction of sp³-hybridized carbons (Fsp3) is 0.538. The smallest absolute Gasteiger partial charge is 0.120 e. The lowest BCUT2D eigenvalue weighted by Gasteiger charge is -2.27. The Hall–Kier alpha value is -1.80. The van der Waals surface area contributed by atoms with Crippen LogP contribution in [0.1, 0.15) is 17.0 Å². The lowest BCUT2D eigenvalue weighted by molar-refractivity contribution is -0.884. The monoisotopic (exact) mass is 246 g/mol. The minimum Gasteiger partial charge on any atom is -0.339 e. The summed E-state index contributed by atoms with van der Waals surface area (Å²) in [4.78, 5) is 1.56. The standard InChI is InChI=1S/C13H19N5/c1-11-12(8-13(9-14)17(11)3)10-15-18-6-4-16(2)5-7-18/h8,10H,4-7H2,1-3H3/p+1/b15-10-. The van der Waals surface area contributed by atoms with E-state index in [1.54, 1.807) is 4.90 Å². The Labute approximate surface area is 108 Å². The van der Waals surface area contributed by atoms with Gasteiger partial charge in [0.15, 0.2) is 0 Å². The number of nitriles is 1. The number of hydrazone groups is 1. The number of rotatable bonds is 2. The lowest BCUT2D eigenvalue weighted by Crippen LogP contribution is -3.11. The Balaban J connectivity index is 2.08. The van der Waals surface area contributed by atoms with Crippen molar-refractivity contribution in [3.63, 3.8) is 0 Å². The number of nitrogens with zero attached hydrogens (tertiary/aromatic N) is 4. The average molecular weight is 246 g/mol. The van der Waals surface area contributed by atoms with E-state index in [0.717, 1.165) is 37.4 Å². The van der Waals surface area contributed by atoms with Crippen LogP contribution in [0.15, 0.2) is 11.2 Å². The fourth-order valence-electron chi connectivity index (χ4n) is 2.10. The van der Waals surface area contributed by atoms with Gasteiger partial charge in [-0.2, -0.15) is 10.4 Å². The van der Waals surface area contributed by atoms with E-state index in [2.05, 4.69) is 23.2 Å². The van der Waals surface area contributed by atoms with Crippen LogP contribution in [0.3, 0.4) is 0 Å². The molecule has 0 saturated carbocycles. The molecule has 1 saturated heterocycles. The predicted molar refractivity (Wildman–Crippen MR) is 70.7 cm³/mol. The molecule has 2 rings (SSSR count). The molecular weight excluding hydrogens is 226 g/mol. The quantitative estimate of drug-likeness (QED) is 0.706. The van der Waals surface area contributed by atoms with Crippen molar-refractivity contribution in [1.29, 1.82) is 5.26 Å². The van der Waals surface area contributed by atoms with Gasteiger partial charge in [0.05, 0.1) is 39.4 Å². The highest BCUT2D eigenvalue weighted by molar-refractivity contribution is 5.81. The predicted octanol–water partition coefficient (Wildman–Crippen LogP) is -0.631. The van der Waals surface area contributed by atoms with Crippen molar-refractivity contribution in [2.24, 2.45) is 12.1 Å². The summed E-state index contributed by atoms with van der Waals surface area (Å²) < 4.78 is 1.90. The van der Waals surface area contributed by atoms with Gasteiger partial charge in [0.1, 0.15) is 11.8 Å². The van der Waals surface area contributed by atoms with Crippen LogP contribution >= 0.6 is 0 Å². The summed E-state index contributed by atoms with van der Waals surface area (Å²) >= 11 is 0. The molecule has 5 heteroatoms. The first kappa shape index (κ1) is 12.7. The van der Waals surface area contributed by atoms with Crippen LogP contribution in [-0.2, 0) is 7.05 Å². The van der Waals surface area contributed by atoms with Gasteiger partial charge in [-0.25, -0.2) is 0 Å². The SMILES string of the molecule is Cc1c(/C=N\N2CC[NH+](C)CC2)cc(C#N)n1C. The molecule has 0 aliphatic carbocycles. The molecule has 5 nitrogen and oxygen atoms in total. The number of hydrogen-bond donors (Lipinski definition) is 1. The second-order valence-corrected chi connectivity index (χ2v) is 4.90. The highest BCUT2D eigenvalue weighted by Gasteiger charge is 2.14. The molecule has 1 aromatic rings. The zero-order valence-corrected chi connectivity index (χ0v) is 11.3. The molecule has 1 aliphatic rings. The summed E-state index contributed by atoms with van der Waals surface area (Å²) in [5, 5.41) is 15.6. The molecule has 1 N–H and O–H groups in total. The fourth-order valence-corrected chi connectivity index (χ4v) is 2.10. The normalized spacial score (nSPS) is 17.3. The molecule has 1 aliphatic heterocycles. The van der Waals surface area contributed by atoms with Crippen molar-refractivity contribution in [1.82, 2.24) is 9.58 Å². The third kappa shape index (κ3) is 2.54. The van der Waals surface area contributed by atoms with Crippen molar-refractivity contribution >= 4 is 6.21 Å². The molecule has 1 fully saturated rings. The van der Waals surface area contributed by atoms with Crippen molar-refractivity contribution < 1.29 is 4.90 Å².